The summed E-state index contributed by atoms with van der Waals surface area (Å²) in [6.45, 7) is -0.230. The minimum Gasteiger partial charge on any atom is -0.481 e. The quantitative estimate of drug-likeness (QED) is 0.665. The van der Waals surface area contributed by atoms with Crippen molar-refractivity contribution >= 4 is 33.9 Å². The number of ether oxygens (including phenoxy) is 2. The van der Waals surface area contributed by atoms with Gasteiger partial charge in [-0.25, -0.2) is 9.59 Å². The zero-order chi connectivity index (χ0) is 13.5. The summed E-state index contributed by atoms with van der Waals surface area (Å²) in [4.78, 5) is 21.4. The molecule has 5 nitrogen and oxygen atoms in total. The Kier molecular flexibility index (Phi) is 5.38. The first-order valence-corrected chi connectivity index (χ1v) is 5.72. The molecule has 1 aromatic rings. The van der Waals surface area contributed by atoms with Gasteiger partial charge in [-0.1, -0.05) is 15.9 Å². The van der Waals surface area contributed by atoms with E-state index >= 15 is 0 Å². The molecule has 0 radical (unpaired) electrons. The highest BCUT2D eigenvalue weighted by Gasteiger charge is 2.06. The van der Waals surface area contributed by atoms with E-state index in [4.69, 9.17) is 9.84 Å². The number of hydrogen-bond donors (Lipinski definition) is 1. The van der Waals surface area contributed by atoms with E-state index < -0.39 is 11.9 Å². The monoisotopic (exact) mass is 314 g/mol. The average Bonchev–Trinajstić information content (AvgIpc) is 2.34. The molecule has 1 N–H and O–H groups in total. The van der Waals surface area contributed by atoms with Crippen molar-refractivity contribution in [3.63, 3.8) is 0 Å². The Morgan fingerprint density at radius 3 is 2.78 bits per heavy atom. The third-order valence-electron chi connectivity index (χ3n) is 1.95. The molecule has 0 amide bonds. The SMILES string of the molecule is COC(=O)COc1ccc(Br)cc1/C=C/C(=O)O. The first-order chi connectivity index (χ1) is 8.52. The maximum atomic E-state index is 11.0. The number of carboxylic acids is 1. The van der Waals surface area contributed by atoms with Crippen molar-refractivity contribution in [1.82, 2.24) is 0 Å². The second kappa shape index (κ2) is 6.80. The lowest BCUT2D eigenvalue weighted by Crippen LogP contribution is -2.13. The molecule has 0 unspecified atom stereocenters. The zero-order valence-corrected chi connectivity index (χ0v) is 11.1. The molecule has 96 valence electrons. The van der Waals surface area contributed by atoms with E-state index in [1.807, 2.05) is 0 Å². The lowest BCUT2D eigenvalue weighted by atomic mass is 10.2. The van der Waals surface area contributed by atoms with Gasteiger partial charge in [0.15, 0.2) is 6.61 Å². The van der Waals surface area contributed by atoms with Crippen molar-refractivity contribution in [1.29, 1.82) is 0 Å². The van der Waals surface area contributed by atoms with Gasteiger partial charge >= 0.3 is 11.9 Å². The highest BCUT2D eigenvalue weighted by molar-refractivity contribution is 9.10. The third kappa shape index (κ3) is 4.58. The molecule has 0 bridgehead atoms. The van der Waals surface area contributed by atoms with Crippen LogP contribution < -0.4 is 4.74 Å². The van der Waals surface area contributed by atoms with Gasteiger partial charge in [0.25, 0.3) is 0 Å². The van der Waals surface area contributed by atoms with Crippen LogP contribution in [0, 0.1) is 0 Å². The molecule has 0 aromatic heterocycles. The van der Waals surface area contributed by atoms with E-state index in [1.165, 1.54) is 13.2 Å². The number of methoxy groups -OCH3 is 1. The summed E-state index contributed by atoms with van der Waals surface area (Å²) in [5.41, 5.74) is 0.552. The lowest BCUT2D eigenvalue weighted by molar-refractivity contribution is -0.143. The second-order valence-electron chi connectivity index (χ2n) is 3.22. The Morgan fingerprint density at radius 2 is 2.17 bits per heavy atom. The van der Waals surface area contributed by atoms with Crippen LogP contribution in [0.15, 0.2) is 28.7 Å². The number of carboxylic acid groups (broad SMARTS) is 1. The smallest absolute Gasteiger partial charge is 0.343 e. The Bertz CT molecular complexity index is 481. The van der Waals surface area contributed by atoms with Crippen molar-refractivity contribution in [3.8, 4) is 5.75 Å². The number of aliphatic carboxylic acids is 1. The number of carbonyl (C=O) groups excluding carboxylic acids is 1. The van der Waals surface area contributed by atoms with Crippen molar-refractivity contribution in [2.75, 3.05) is 13.7 Å². The van der Waals surface area contributed by atoms with E-state index in [-0.39, 0.29) is 6.61 Å². The third-order valence-corrected chi connectivity index (χ3v) is 2.44. The highest BCUT2D eigenvalue weighted by Crippen LogP contribution is 2.24. The number of benzene rings is 1. The predicted octanol–water partition coefficient (Wildman–Crippen LogP) is 2.10. The number of halogens is 1. The minimum absolute atomic E-state index is 0.230. The van der Waals surface area contributed by atoms with Crippen LogP contribution in [-0.4, -0.2) is 30.8 Å². The summed E-state index contributed by atoms with van der Waals surface area (Å²) in [5.74, 6) is -1.17. The second-order valence-corrected chi connectivity index (χ2v) is 4.13. The summed E-state index contributed by atoms with van der Waals surface area (Å²) in [5, 5.41) is 8.58. The number of carbonyl (C=O) groups is 2. The molecule has 0 atom stereocenters. The molecule has 0 fully saturated rings. The van der Waals surface area contributed by atoms with E-state index in [0.29, 0.717) is 11.3 Å². The van der Waals surface area contributed by atoms with E-state index in [2.05, 4.69) is 20.7 Å². The van der Waals surface area contributed by atoms with E-state index in [1.54, 1.807) is 18.2 Å². The summed E-state index contributed by atoms with van der Waals surface area (Å²) in [6.07, 6.45) is 2.38. The molecular formula is C12H11BrO5. The standard InChI is InChI=1S/C12H11BrO5/c1-17-12(16)7-18-10-4-3-9(13)6-8(10)2-5-11(14)15/h2-6H,7H2,1H3,(H,14,15)/b5-2+. The van der Waals surface area contributed by atoms with Gasteiger partial charge in [-0.2, -0.15) is 0 Å². The minimum atomic E-state index is -1.06. The average molecular weight is 315 g/mol. The fourth-order valence-corrected chi connectivity index (χ4v) is 1.52. The highest BCUT2D eigenvalue weighted by atomic mass is 79.9. The zero-order valence-electron chi connectivity index (χ0n) is 9.55. The van der Waals surface area contributed by atoms with Gasteiger partial charge in [0.1, 0.15) is 5.75 Å². The van der Waals surface area contributed by atoms with E-state index in [9.17, 15) is 9.59 Å². The Hall–Kier alpha value is -1.82. The van der Waals surface area contributed by atoms with Gasteiger partial charge in [0.05, 0.1) is 7.11 Å². The molecule has 18 heavy (non-hydrogen) atoms. The summed E-state index contributed by atoms with van der Waals surface area (Å²) in [6, 6.07) is 5.05. The Labute approximate surface area is 112 Å². The fraction of sp³-hybridized carbons (Fsp3) is 0.167. The van der Waals surface area contributed by atoms with Gasteiger partial charge in [0, 0.05) is 16.1 Å². The predicted molar refractivity (Wildman–Crippen MR) is 68.3 cm³/mol. The Balaban J connectivity index is 2.89. The maximum Gasteiger partial charge on any atom is 0.343 e. The molecule has 1 aromatic carbocycles. The van der Waals surface area contributed by atoms with Crippen LogP contribution in [0.1, 0.15) is 5.56 Å². The maximum absolute atomic E-state index is 11.0. The molecule has 0 saturated heterocycles. The van der Waals surface area contributed by atoms with Crippen LogP contribution in [-0.2, 0) is 14.3 Å². The summed E-state index contributed by atoms with van der Waals surface area (Å²) in [7, 11) is 1.26. The number of hydrogen-bond acceptors (Lipinski definition) is 4. The van der Waals surface area contributed by atoms with Crippen molar-refractivity contribution in [3.05, 3.63) is 34.3 Å². The van der Waals surface area contributed by atoms with Gasteiger partial charge in [-0.15, -0.1) is 0 Å². The first kappa shape index (κ1) is 14.2. The van der Waals surface area contributed by atoms with Crippen LogP contribution in [0.3, 0.4) is 0 Å². The number of rotatable bonds is 5. The first-order valence-electron chi connectivity index (χ1n) is 4.93. The van der Waals surface area contributed by atoms with Crippen molar-refractivity contribution in [2.45, 2.75) is 0 Å². The van der Waals surface area contributed by atoms with Crippen LogP contribution in [0.5, 0.6) is 5.75 Å². The van der Waals surface area contributed by atoms with Crippen molar-refractivity contribution in [2.24, 2.45) is 0 Å². The molecule has 0 heterocycles. The van der Waals surface area contributed by atoms with Crippen LogP contribution in [0.2, 0.25) is 0 Å². The van der Waals surface area contributed by atoms with Crippen LogP contribution >= 0.6 is 15.9 Å². The van der Waals surface area contributed by atoms with Crippen LogP contribution in [0.25, 0.3) is 6.08 Å². The molecule has 0 saturated carbocycles. The number of esters is 1. The van der Waals surface area contributed by atoms with Gasteiger partial charge in [-0.3, -0.25) is 0 Å². The van der Waals surface area contributed by atoms with E-state index in [0.717, 1.165) is 10.5 Å². The van der Waals surface area contributed by atoms with Gasteiger partial charge in [0.2, 0.25) is 0 Å². The molecule has 0 aliphatic carbocycles. The Morgan fingerprint density at radius 1 is 1.44 bits per heavy atom. The lowest BCUT2D eigenvalue weighted by Gasteiger charge is -2.08. The van der Waals surface area contributed by atoms with Crippen LogP contribution in [0.4, 0.5) is 0 Å². The molecular weight excluding hydrogens is 304 g/mol. The molecule has 6 heteroatoms. The topological polar surface area (TPSA) is 72.8 Å². The molecule has 0 spiro atoms. The van der Waals surface area contributed by atoms with Gasteiger partial charge < -0.3 is 14.6 Å². The summed E-state index contributed by atoms with van der Waals surface area (Å²) < 4.78 is 10.5. The summed E-state index contributed by atoms with van der Waals surface area (Å²) >= 11 is 3.27. The normalized spacial score (nSPS) is 10.3. The molecule has 1 rings (SSSR count). The fourth-order valence-electron chi connectivity index (χ4n) is 1.14. The molecule has 0 aliphatic heterocycles. The van der Waals surface area contributed by atoms with Gasteiger partial charge in [-0.05, 0) is 24.3 Å². The molecule has 0 aliphatic rings. The largest absolute Gasteiger partial charge is 0.481 e. The van der Waals surface area contributed by atoms with Crippen molar-refractivity contribution < 1.29 is 24.2 Å².